The molecule has 0 unspecified atom stereocenters. The maximum atomic E-state index is 11.2. The van der Waals surface area contributed by atoms with Gasteiger partial charge in [-0.25, -0.2) is 0 Å². The highest BCUT2D eigenvalue weighted by atomic mass is 16.5. The lowest BCUT2D eigenvalue weighted by Crippen LogP contribution is -2.23. The van der Waals surface area contributed by atoms with Crippen molar-refractivity contribution in [1.82, 2.24) is 0 Å². The number of rotatable bonds is 3. The van der Waals surface area contributed by atoms with Crippen molar-refractivity contribution in [2.45, 2.75) is 25.7 Å². The second-order valence-corrected chi connectivity index (χ2v) is 3.74. The summed E-state index contributed by atoms with van der Waals surface area (Å²) in [7, 11) is 3.09. The Bertz CT molecular complexity index is 191. The molecule has 3 heteroatoms. The SMILES string of the molecule is C=C(OC)[C@H]1CC[C@H](C(=O)OC)CC1. The van der Waals surface area contributed by atoms with Gasteiger partial charge in [0.25, 0.3) is 0 Å². The summed E-state index contributed by atoms with van der Waals surface area (Å²) in [4.78, 5) is 11.2. The summed E-state index contributed by atoms with van der Waals surface area (Å²) in [6.07, 6.45) is 3.73. The van der Waals surface area contributed by atoms with Crippen LogP contribution in [0, 0.1) is 11.8 Å². The summed E-state index contributed by atoms with van der Waals surface area (Å²) in [5, 5.41) is 0. The average Bonchev–Trinajstić information content (AvgIpc) is 2.27. The second-order valence-electron chi connectivity index (χ2n) is 3.74. The minimum absolute atomic E-state index is 0.0773. The second kappa shape index (κ2) is 5.03. The lowest BCUT2D eigenvalue weighted by molar-refractivity contribution is -0.146. The number of carbonyl (C=O) groups excluding carboxylic acids is 1. The molecule has 0 aromatic heterocycles. The zero-order chi connectivity index (χ0) is 10.6. The van der Waals surface area contributed by atoms with Crippen molar-refractivity contribution >= 4 is 5.97 Å². The fourth-order valence-corrected chi connectivity index (χ4v) is 1.98. The van der Waals surface area contributed by atoms with Crippen molar-refractivity contribution in [2.24, 2.45) is 11.8 Å². The van der Waals surface area contributed by atoms with Crippen LogP contribution in [0.4, 0.5) is 0 Å². The van der Waals surface area contributed by atoms with Gasteiger partial charge < -0.3 is 9.47 Å². The molecule has 1 saturated carbocycles. The lowest BCUT2D eigenvalue weighted by atomic mass is 9.81. The number of hydrogen-bond acceptors (Lipinski definition) is 3. The molecule has 0 amide bonds. The van der Waals surface area contributed by atoms with Crippen LogP contribution >= 0.6 is 0 Å². The Morgan fingerprint density at radius 2 is 1.57 bits per heavy atom. The minimum atomic E-state index is -0.0773. The monoisotopic (exact) mass is 198 g/mol. The van der Waals surface area contributed by atoms with Crippen LogP contribution in [-0.2, 0) is 14.3 Å². The van der Waals surface area contributed by atoms with E-state index in [-0.39, 0.29) is 11.9 Å². The number of ether oxygens (including phenoxy) is 2. The van der Waals surface area contributed by atoms with E-state index >= 15 is 0 Å². The van der Waals surface area contributed by atoms with Crippen molar-refractivity contribution in [3.8, 4) is 0 Å². The first-order valence-corrected chi connectivity index (χ1v) is 4.99. The molecule has 0 aliphatic heterocycles. The molecule has 0 spiro atoms. The minimum Gasteiger partial charge on any atom is -0.501 e. The van der Waals surface area contributed by atoms with Crippen molar-refractivity contribution in [3.63, 3.8) is 0 Å². The molecule has 80 valence electrons. The van der Waals surface area contributed by atoms with E-state index in [1.54, 1.807) is 7.11 Å². The standard InChI is InChI=1S/C11H18O3/c1-8(13-2)9-4-6-10(7-5-9)11(12)14-3/h9-10H,1,4-7H2,2-3H3/t9-,10-. The Hall–Kier alpha value is -0.990. The number of methoxy groups -OCH3 is 2. The highest BCUT2D eigenvalue weighted by molar-refractivity contribution is 5.72. The molecule has 1 fully saturated rings. The predicted molar refractivity (Wildman–Crippen MR) is 53.6 cm³/mol. The summed E-state index contributed by atoms with van der Waals surface area (Å²) >= 11 is 0. The third-order valence-corrected chi connectivity index (χ3v) is 2.98. The van der Waals surface area contributed by atoms with E-state index in [1.807, 2.05) is 0 Å². The van der Waals surface area contributed by atoms with Gasteiger partial charge in [0, 0.05) is 5.92 Å². The van der Waals surface area contributed by atoms with Gasteiger partial charge in [-0.2, -0.15) is 0 Å². The molecule has 0 aromatic carbocycles. The number of allylic oxidation sites excluding steroid dienone is 1. The fraction of sp³-hybridized carbons (Fsp3) is 0.727. The molecular weight excluding hydrogens is 180 g/mol. The number of esters is 1. The fourth-order valence-electron chi connectivity index (χ4n) is 1.98. The van der Waals surface area contributed by atoms with Gasteiger partial charge in [-0.1, -0.05) is 6.58 Å². The molecule has 1 aliphatic rings. The molecule has 0 aromatic rings. The van der Waals surface area contributed by atoms with Gasteiger partial charge in [0.1, 0.15) is 0 Å². The van der Waals surface area contributed by atoms with Crippen LogP contribution in [0.3, 0.4) is 0 Å². The molecule has 1 rings (SSSR count). The smallest absolute Gasteiger partial charge is 0.308 e. The Labute approximate surface area is 85.1 Å². The third-order valence-electron chi connectivity index (χ3n) is 2.98. The molecule has 14 heavy (non-hydrogen) atoms. The maximum absolute atomic E-state index is 11.2. The molecule has 0 bridgehead atoms. The highest BCUT2D eigenvalue weighted by Crippen LogP contribution is 2.33. The molecule has 3 nitrogen and oxygen atoms in total. The topological polar surface area (TPSA) is 35.5 Å². The Morgan fingerprint density at radius 1 is 1.07 bits per heavy atom. The van der Waals surface area contributed by atoms with Crippen molar-refractivity contribution in [3.05, 3.63) is 12.3 Å². The molecular formula is C11H18O3. The molecule has 0 radical (unpaired) electrons. The summed E-state index contributed by atoms with van der Waals surface area (Å²) in [6, 6.07) is 0. The first-order chi connectivity index (χ1) is 6.69. The normalized spacial score (nSPS) is 26.7. The van der Waals surface area contributed by atoms with Gasteiger partial charge >= 0.3 is 5.97 Å². The summed E-state index contributed by atoms with van der Waals surface area (Å²) in [6.45, 7) is 3.85. The molecule has 0 atom stereocenters. The van der Waals surface area contributed by atoms with Crippen molar-refractivity contribution in [1.29, 1.82) is 0 Å². The van der Waals surface area contributed by atoms with Crippen LogP contribution in [0.2, 0.25) is 0 Å². The Kier molecular flexibility index (Phi) is 3.98. The molecule has 0 N–H and O–H groups in total. The third kappa shape index (κ3) is 2.50. The van der Waals surface area contributed by atoms with E-state index in [9.17, 15) is 4.79 Å². The summed E-state index contributed by atoms with van der Waals surface area (Å²) in [5.41, 5.74) is 0. The Morgan fingerprint density at radius 3 is 2.00 bits per heavy atom. The van der Waals surface area contributed by atoms with Gasteiger partial charge in [-0.05, 0) is 25.7 Å². The van der Waals surface area contributed by atoms with Gasteiger partial charge in [0.15, 0.2) is 0 Å². The van der Waals surface area contributed by atoms with E-state index in [2.05, 4.69) is 6.58 Å². The van der Waals surface area contributed by atoms with E-state index in [0.29, 0.717) is 5.92 Å². The zero-order valence-electron chi connectivity index (χ0n) is 8.91. The average molecular weight is 198 g/mol. The predicted octanol–water partition coefficient (Wildman–Crippen LogP) is 2.13. The van der Waals surface area contributed by atoms with Gasteiger partial charge in [-0.3, -0.25) is 4.79 Å². The van der Waals surface area contributed by atoms with E-state index in [4.69, 9.17) is 9.47 Å². The first kappa shape index (κ1) is 11.1. The van der Waals surface area contributed by atoms with Gasteiger partial charge in [0.05, 0.1) is 25.9 Å². The van der Waals surface area contributed by atoms with Gasteiger partial charge in [-0.15, -0.1) is 0 Å². The van der Waals surface area contributed by atoms with Crippen molar-refractivity contribution in [2.75, 3.05) is 14.2 Å². The van der Waals surface area contributed by atoms with E-state index in [1.165, 1.54) is 7.11 Å². The van der Waals surface area contributed by atoms with Crippen LogP contribution in [0.1, 0.15) is 25.7 Å². The highest BCUT2D eigenvalue weighted by Gasteiger charge is 2.28. The number of carbonyl (C=O) groups is 1. The largest absolute Gasteiger partial charge is 0.501 e. The molecule has 0 saturated heterocycles. The van der Waals surface area contributed by atoms with E-state index in [0.717, 1.165) is 31.4 Å². The van der Waals surface area contributed by atoms with Crippen LogP contribution in [0.15, 0.2) is 12.3 Å². The van der Waals surface area contributed by atoms with Crippen LogP contribution < -0.4 is 0 Å². The quantitative estimate of drug-likeness (QED) is 0.514. The van der Waals surface area contributed by atoms with Crippen molar-refractivity contribution < 1.29 is 14.3 Å². The van der Waals surface area contributed by atoms with Crippen LogP contribution in [0.5, 0.6) is 0 Å². The molecule has 0 heterocycles. The zero-order valence-corrected chi connectivity index (χ0v) is 8.91. The van der Waals surface area contributed by atoms with Gasteiger partial charge in [0.2, 0.25) is 0 Å². The maximum Gasteiger partial charge on any atom is 0.308 e. The first-order valence-electron chi connectivity index (χ1n) is 4.99. The Balaban J connectivity index is 2.38. The van der Waals surface area contributed by atoms with E-state index < -0.39 is 0 Å². The summed E-state index contributed by atoms with van der Waals surface area (Å²) in [5.74, 6) is 1.27. The number of hydrogen-bond donors (Lipinski definition) is 0. The molecule has 1 aliphatic carbocycles. The summed E-state index contributed by atoms with van der Waals surface area (Å²) < 4.78 is 9.82. The lowest BCUT2D eigenvalue weighted by Gasteiger charge is -2.27. The van der Waals surface area contributed by atoms with Crippen LogP contribution in [0.25, 0.3) is 0 Å². The van der Waals surface area contributed by atoms with Crippen LogP contribution in [-0.4, -0.2) is 20.2 Å².